The SMILES string of the molecule is CCC(C)(NC(=O)C(C)(C)NC(=O)C(CC(C)C)NC(=O)C1CCCN1C(=O)C(C)(C)NC(=O)CNC(=O)C(C)NC(=O)C(C)(C)NC(=O)C(C)(C)NC(=O)C(C)NC(=O)C(CCC(N)=O)NC(=O)C(C)(C)NC(=O)C(CC(C)C)NC(=O)C(C)(C)NC(=O)CNC(=O)C(C)(C)NC(C)=O)C(=O)NC(CCC(N)=O)C(=O)NC(C=O)C(C)C. The van der Waals surface area contributed by atoms with E-state index in [1.165, 1.54) is 130 Å². The molecule has 0 aliphatic carbocycles. The lowest BCUT2D eigenvalue weighted by Crippen LogP contribution is -2.66. The predicted octanol–water partition coefficient (Wildman–Crippen LogP) is -4.31. The summed E-state index contributed by atoms with van der Waals surface area (Å²) < 4.78 is 0. The standard InChI is InChI=1S/C77H132N20O21/c1-26-77(25,68(117)87-46(30-32-52(79)101)58(107)85-49(38-98)41(6)7)96-67(116)75(21,22)94-59(108)47(34-39(2)3)84-61(110)50-28-27-33-97(50)69(118)76(23,24)91-53(102)36-80-55(104)42(8)83-63(112)73(17,18)95-66(115)74(19,20)92-56(105)43(9)82-57(106)45(29-31-51(78)100)86-65(114)72(15,16)93-60(109)48(35-40(4)5)88-64(113)71(13,14)90-54(103)37-81-62(111)70(11,12)89-44(10)99/h38-43,45-50H,26-37H2,1-25H3,(H2,78,100)(H2,79,101)(H,80,104)(H,81,111)(H,82,106)(H,83,112)(H,84,110)(H,85,107)(H,86,114)(H,87,117)(H,88,113)(H,89,99)(H,90,103)(H,91,102)(H,92,105)(H,93,109)(H,94,108)(H,95,115)(H,96,116). The molecule has 1 rings (SSSR count). The molecule has 1 fully saturated rings. The van der Waals surface area contributed by atoms with Crippen LogP contribution in [0.2, 0.25) is 0 Å². The van der Waals surface area contributed by atoms with Gasteiger partial charge in [-0.25, -0.2) is 0 Å². The third-order valence-corrected chi connectivity index (χ3v) is 19.3. The Balaban J connectivity index is 3.09. The number of likely N-dealkylation sites (tertiary alicyclic amines) is 1. The second-order valence-corrected chi connectivity index (χ2v) is 35.0. The van der Waals surface area contributed by atoms with Gasteiger partial charge in [0.1, 0.15) is 92.9 Å². The first kappa shape index (κ1) is 105. The van der Waals surface area contributed by atoms with Crippen molar-refractivity contribution in [3.8, 4) is 0 Å². The van der Waals surface area contributed by atoms with Crippen LogP contribution in [0.3, 0.4) is 0 Å². The van der Waals surface area contributed by atoms with Crippen LogP contribution in [0.25, 0.3) is 0 Å². The van der Waals surface area contributed by atoms with Gasteiger partial charge in [-0.2, -0.15) is 0 Å². The van der Waals surface area contributed by atoms with Gasteiger partial charge in [0, 0.05) is 26.3 Å². The first-order valence-corrected chi connectivity index (χ1v) is 39.3. The summed E-state index contributed by atoms with van der Waals surface area (Å²) >= 11 is 0. The summed E-state index contributed by atoms with van der Waals surface area (Å²) in [5, 5.41) is 42.8. The Hall–Kier alpha value is -10.9. The molecule has 0 aromatic heterocycles. The van der Waals surface area contributed by atoms with Gasteiger partial charge in [-0.05, 0) is 180 Å². The minimum Gasteiger partial charge on any atom is -0.370 e. The quantitative estimate of drug-likeness (QED) is 0.0256. The summed E-state index contributed by atoms with van der Waals surface area (Å²) in [6.07, 6.45) is -0.290. The number of carbonyl (C=O) groups is 21. The number of nitrogens with one attached hydrogen (secondary N) is 17. The molecule has 0 radical (unpaired) electrons. The normalized spacial score (nSPS) is 15.6. The van der Waals surface area contributed by atoms with Crippen molar-refractivity contribution in [1.29, 1.82) is 0 Å². The highest BCUT2D eigenvalue weighted by Crippen LogP contribution is 2.24. The van der Waals surface area contributed by atoms with Crippen molar-refractivity contribution in [3.05, 3.63) is 0 Å². The molecule has 0 spiro atoms. The Kier molecular flexibility index (Phi) is 39.2. The fourth-order valence-electron chi connectivity index (χ4n) is 11.5. The van der Waals surface area contributed by atoms with Gasteiger partial charge in [-0.3, -0.25) is 95.9 Å². The van der Waals surface area contributed by atoms with Gasteiger partial charge < -0.3 is 112 Å². The Morgan fingerprint density at radius 3 is 1.23 bits per heavy atom. The number of rotatable bonds is 47. The van der Waals surface area contributed by atoms with Gasteiger partial charge in [0.05, 0.1) is 19.1 Å². The number of aldehydes is 1. The molecule has 0 saturated carbocycles. The number of nitrogens with zero attached hydrogens (tertiary/aromatic N) is 1. The summed E-state index contributed by atoms with van der Waals surface area (Å²) in [7, 11) is 0. The number of hydrogen-bond acceptors (Lipinski definition) is 21. The predicted molar refractivity (Wildman–Crippen MR) is 430 cm³/mol. The Bertz CT molecular complexity index is 3760. The molecule has 41 heteroatoms. The van der Waals surface area contributed by atoms with Crippen molar-refractivity contribution in [3.63, 3.8) is 0 Å². The number of nitrogens with two attached hydrogens (primary N) is 2. The Labute approximate surface area is 690 Å². The van der Waals surface area contributed by atoms with E-state index in [2.05, 4.69) is 90.4 Å². The van der Waals surface area contributed by atoms with Crippen molar-refractivity contribution in [1.82, 2.24) is 95.3 Å². The molecular weight excluding hydrogens is 1540 g/mol. The minimum absolute atomic E-state index is 0.0298. The van der Waals surface area contributed by atoms with E-state index < -0.39 is 237 Å². The molecular formula is C77H132N20O21. The van der Waals surface area contributed by atoms with Crippen LogP contribution in [0, 0.1) is 17.8 Å². The molecule has 666 valence electrons. The highest BCUT2D eigenvalue weighted by Gasteiger charge is 2.47. The van der Waals surface area contributed by atoms with Crippen molar-refractivity contribution < 1.29 is 101 Å². The van der Waals surface area contributed by atoms with Crippen LogP contribution >= 0.6 is 0 Å². The van der Waals surface area contributed by atoms with Crippen molar-refractivity contribution >= 4 is 124 Å². The van der Waals surface area contributed by atoms with Crippen molar-refractivity contribution in [2.75, 3.05) is 19.6 Å². The molecule has 1 saturated heterocycles. The first-order valence-electron chi connectivity index (χ1n) is 39.3. The van der Waals surface area contributed by atoms with E-state index in [4.69, 9.17) is 11.5 Å². The zero-order chi connectivity index (χ0) is 91.7. The highest BCUT2D eigenvalue weighted by atomic mass is 16.2. The molecule has 118 heavy (non-hydrogen) atoms. The molecule has 21 N–H and O–H groups in total. The van der Waals surface area contributed by atoms with Gasteiger partial charge in [-0.1, -0.05) is 48.5 Å². The molecule has 20 amide bonds. The molecule has 0 bridgehead atoms. The smallest absolute Gasteiger partial charge is 0.248 e. The first-order chi connectivity index (χ1) is 53.7. The van der Waals surface area contributed by atoms with Crippen molar-refractivity contribution in [2.45, 2.75) is 324 Å². The topological polar surface area (TPSA) is 618 Å². The third kappa shape index (κ3) is 33.6. The maximum absolute atomic E-state index is 14.2. The second-order valence-electron chi connectivity index (χ2n) is 35.0. The van der Waals surface area contributed by atoms with Gasteiger partial charge >= 0.3 is 0 Å². The summed E-state index contributed by atoms with van der Waals surface area (Å²) in [4.78, 5) is 281. The van der Waals surface area contributed by atoms with Crippen LogP contribution in [0.5, 0.6) is 0 Å². The fraction of sp³-hybridized carbons (Fsp3) is 0.727. The zero-order valence-electron chi connectivity index (χ0n) is 73.1. The molecule has 0 aromatic rings. The van der Waals surface area contributed by atoms with E-state index in [9.17, 15) is 101 Å². The van der Waals surface area contributed by atoms with Crippen LogP contribution in [0.15, 0.2) is 0 Å². The Morgan fingerprint density at radius 2 is 0.780 bits per heavy atom. The van der Waals surface area contributed by atoms with Crippen LogP contribution in [0.1, 0.15) is 231 Å². The van der Waals surface area contributed by atoms with E-state index in [1.807, 2.05) is 0 Å². The summed E-state index contributed by atoms with van der Waals surface area (Å²) in [5.74, 6) is -17.2. The lowest BCUT2D eigenvalue weighted by Gasteiger charge is -2.36. The molecule has 9 unspecified atom stereocenters. The van der Waals surface area contributed by atoms with Gasteiger partial charge in [0.25, 0.3) is 0 Å². The van der Waals surface area contributed by atoms with Gasteiger partial charge in [0.2, 0.25) is 118 Å². The van der Waals surface area contributed by atoms with Gasteiger partial charge in [0.15, 0.2) is 0 Å². The second kappa shape index (κ2) is 44.0. The molecule has 0 aromatic carbocycles. The summed E-state index contributed by atoms with van der Waals surface area (Å²) in [6.45, 7) is 34.6. The average Bonchev–Trinajstić information content (AvgIpc) is 1.31. The van der Waals surface area contributed by atoms with E-state index >= 15 is 0 Å². The van der Waals surface area contributed by atoms with E-state index in [0.29, 0.717) is 12.7 Å². The average molecular weight is 1670 g/mol. The van der Waals surface area contributed by atoms with E-state index in [-0.39, 0.29) is 62.8 Å². The van der Waals surface area contributed by atoms with E-state index in [0.717, 1.165) is 0 Å². The monoisotopic (exact) mass is 1670 g/mol. The molecule has 1 aliphatic heterocycles. The highest BCUT2D eigenvalue weighted by molar-refractivity contribution is 6.04. The van der Waals surface area contributed by atoms with Crippen LogP contribution in [-0.4, -0.2) is 242 Å². The minimum atomic E-state index is -1.85. The van der Waals surface area contributed by atoms with Crippen molar-refractivity contribution in [2.24, 2.45) is 29.2 Å². The summed E-state index contributed by atoms with van der Waals surface area (Å²) in [5.41, 5.74) is -2.95. The largest absolute Gasteiger partial charge is 0.370 e. The maximum Gasteiger partial charge on any atom is 0.248 e. The molecule has 1 aliphatic rings. The Morgan fingerprint density at radius 1 is 0.398 bits per heavy atom. The third-order valence-electron chi connectivity index (χ3n) is 19.3. The fourth-order valence-corrected chi connectivity index (χ4v) is 11.5. The number of primary amides is 2. The molecule has 9 atom stereocenters. The molecule has 1 heterocycles. The number of hydrogen-bond donors (Lipinski definition) is 19. The van der Waals surface area contributed by atoms with Crippen LogP contribution in [-0.2, 0) is 101 Å². The van der Waals surface area contributed by atoms with Crippen LogP contribution in [0.4, 0.5) is 0 Å². The summed E-state index contributed by atoms with van der Waals surface area (Å²) in [6, 6.07) is -10.3. The zero-order valence-corrected chi connectivity index (χ0v) is 73.1. The van der Waals surface area contributed by atoms with E-state index in [1.54, 1.807) is 48.5 Å². The lowest BCUT2D eigenvalue weighted by atomic mass is 9.93. The van der Waals surface area contributed by atoms with Crippen LogP contribution < -0.4 is 102 Å². The lowest BCUT2D eigenvalue weighted by molar-refractivity contribution is -0.145. The maximum atomic E-state index is 14.2. The number of carbonyl (C=O) groups excluding carboxylic acids is 21. The number of amides is 20. The molecule has 41 nitrogen and oxygen atoms in total. The van der Waals surface area contributed by atoms with Gasteiger partial charge in [-0.15, -0.1) is 0 Å².